The van der Waals surface area contributed by atoms with Crippen LogP contribution in [0.3, 0.4) is 0 Å². The SMILES string of the molecule is COC(=O)[C@H](Cc1ccc(C(=O)c2ccccc2)cc1)NC(=O)[C@H](CC(C)C)N=CB=O. The van der Waals surface area contributed by atoms with Gasteiger partial charge in [0.2, 0.25) is 0 Å². The average Bonchev–Trinajstić information content (AvgIpc) is 2.81. The second kappa shape index (κ2) is 12.4. The summed E-state index contributed by atoms with van der Waals surface area (Å²) in [5.74, 6) is -0.978. The summed E-state index contributed by atoms with van der Waals surface area (Å²) in [6.45, 7) is 3.87. The van der Waals surface area contributed by atoms with Crippen molar-refractivity contribution in [3.8, 4) is 0 Å². The van der Waals surface area contributed by atoms with Crippen LogP contribution in [0, 0.1) is 5.92 Å². The molecular weight excluding hydrogens is 407 g/mol. The molecule has 2 atom stereocenters. The van der Waals surface area contributed by atoms with Crippen molar-refractivity contribution in [2.24, 2.45) is 10.9 Å². The quantitative estimate of drug-likeness (QED) is 0.254. The van der Waals surface area contributed by atoms with E-state index in [0.717, 1.165) is 11.7 Å². The van der Waals surface area contributed by atoms with Gasteiger partial charge in [-0.15, -0.1) is 0 Å². The summed E-state index contributed by atoms with van der Waals surface area (Å²) in [5.41, 5.74) is 1.87. The van der Waals surface area contributed by atoms with Gasteiger partial charge in [0.15, 0.2) is 0 Å². The second-order valence-electron chi connectivity index (χ2n) is 7.76. The summed E-state index contributed by atoms with van der Waals surface area (Å²) in [4.78, 5) is 41.6. The van der Waals surface area contributed by atoms with Crippen molar-refractivity contribution in [3.63, 3.8) is 0 Å². The zero-order valence-electron chi connectivity index (χ0n) is 18.5. The number of carbonyl (C=O) groups is 3. The van der Waals surface area contributed by atoms with E-state index in [1.807, 2.05) is 19.9 Å². The molecule has 0 saturated carbocycles. The molecule has 0 aliphatic carbocycles. The normalized spacial score (nSPS) is 12.8. The Labute approximate surface area is 188 Å². The van der Waals surface area contributed by atoms with Crippen molar-refractivity contribution in [2.45, 2.75) is 38.8 Å². The molecule has 2 rings (SSSR count). The molecule has 2 aromatic rings. The first kappa shape index (κ1) is 24.9. The third kappa shape index (κ3) is 7.37. The van der Waals surface area contributed by atoms with Gasteiger partial charge in [-0.05, 0) is 0 Å². The number of ketones is 1. The predicted octanol–water partition coefficient (Wildman–Crippen LogP) is 2.61. The Morgan fingerprint density at radius 3 is 2.22 bits per heavy atom. The van der Waals surface area contributed by atoms with Crippen LogP contribution in [-0.2, 0) is 25.5 Å². The number of ether oxygens (including phenoxy) is 1. The van der Waals surface area contributed by atoms with E-state index in [1.165, 1.54) is 7.11 Å². The van der Waals surface area contributed by atoms with Gasteiger partial charge >= 0.3 is 147 Å². The number of rotatable bonds is 11. The number of amides is 1. The molecule has 166 valence electrons. The first-order chi connectivity index (χ1) is 15.3. The molecule has 0 aliphatic heterocycles. The number of hydrogen-bond donors (Lipinski definition) is 1. The van der Waals surface area contributed by atoms with E-state index in [9.17, 15) is 19.1 Å². The Bertz CT molecular complexity index is 958. The summed E-state index contributed by atoms with van der Waals surface area (Å²) in [6.07, 6.45) is 1.66. The average molecular weight is 434 g/mol. The molecule has 0 aliphatic rings. The standard InChI is InChI=1S/C24H27BN2O5/c1-16(2)13-20(26-15-25-31)23(29)27-21(24(30)32-3)14-17-9-11-19(12-10-17)22(28)18-7-5-4-6-8-18/h4-12,15-16,20-21H,13-14H2,1-3H3,(H,27,29)/t20-,21-/m0/s1. The van der Waals surface area contributed by atoms with Crippen molar-refractivity contribution >= 4 is 30.9 Å². The molecule has 32 heavy (non-hydrogen) atoms. The van der Waals surface area contributed by atoms with Crippen LogP contribution in [0.15, 0.2) is 59.6 Å². The zero-order chi connectivity index (χ0) is 23.5. The maximum absolute atomic E-state index is 12.7. The van der Waals surface area contributed by atoms with Crippen LogP contribution in [0.25, 0.3) is 0 Å². The number of hydrogen-bond acceptors (Lipinski definition) is 6. The molecule has 2 aromatic carbocycles. The Kier molecular flexibility index (Phi) is 9.66. The molecule has 1 amide bonds. The van der Waals surface area contributed by atoms with Crippen molar-refractivity contribution in [3.05, 3.63) is 71.3 Å². The van der Waals surface area contributed by atoms with Crippen LogP contribution >= 0.6 is 0 Å². The summed E-state index contributed by atoms with van der Waals surface area (Å²) < 4.78 is 15.5. The maximum atomic E-state index is 12.7. The Morgan fingerprint density at radius 1 is 1.03 bits per heavy atom. The van der Waals surface area contributed by atoms with Gasteiger partial charge in [-0.2, -0.15) is 0 Å². The molecular formula is C24H27BN2O5. The van der Waals surface area contributed by atoms with Crippen molar-refractivity contribution in [1.29, 1.82) is 0 Å². The minimum atomic E-state index is -0.927. The molecule has 0 saturated heterocycles. The van der Waals surface area contributed by atoms with E-state index < -0.39 is 24.0 Å². The number of methoxy groups -OCH3 is 1. The number of nitrogens with zero attached hydrogens (tertiary/aromatic N) is 1. The van der Waals surface area contributed by atoms with Gasteiger partial charge < -0.3 is 0 Å². The summed E-state index contributed by atoms with van der Waals surface area (Å²) in [7, 11) is 1.76. The third-order valence-corrected chi connectivity index (χ3v) is 4.82. The molecule has 0 spiro atoms. The van der Waals surface area contributed by atoms with Crippen LogP contribution in [0.5, 0.6) is 0 Å². The van der Waals surface area contributed by atoms with E-state index in [0.29, 0.717) is 24.7 Å². The van der Waals surface area contributed by atoms with Crippen LogP contribution in [0.2, 0.25) is 0 Å². The van der Waals surface area contributed by atoms with Crippen molar-refractivity contribution in [1.82, 2.24) is 5.32 Å². The third-order valence-electron chi connectivity index (χ3n) is 4.82. The fraction of sp³-hybridized carbons (Fsp3) is 0.333. The minimum absolute atomic E-state index is 0.0977. The van der Waals surface area contributed by atoms with Crippen molar-refractivity contribution < 1.29 is 23.8 Å². The number of benzene rings is 2. The zero-order valence-corrected chi connectivity index (χ0v) is 18.5. The van der Waals surface area contributed by atoms with Crippen molar-refractivity contribution in [2.75, 3.05) is 7.11 Å². The van der Waals surface area contributed by atoms with E-state index in [1.54, 1.807) is 48.5 Å². The summed E-state index contributed by atoms with van der Waals surface area (Å²) in [5, 5.41) is 2.68. The first-order valence-electron chi connectivity index (χ1n) is 10.4. The Hall–Kier alpha value is -3.42. The van der Waals surface area contributed by atoms with Gasteiger partial charge in [-0.3, -0.25) is 4.79 Å². The van der Waals surface area contributed by atoms with Gasteiger partial charge in [0, 0.05) is 5.56 Å². The predicted molar refractivity (Wildman–Crippen MR) is 122 cm³/mol. The molecule has 0 unspecified atom stereocenters. The van der Waals surface area contributed by atoms with Gasteiger partial charge in [0.25, 0.3) is 0 Å². The van der Waals surface area contributed by atoms with Gasteiger partial charge in [0.1, 0.15) is 0 Å². The fourth-order valence-corrected chi connectivity index (χ4v) is 3.21. The molecule has 0 radical (unpaired) electrons. The molecule has 0 bridgehead atoms. The van der Waals surface area contributed by atoms with Gasteiger partial charge in [-0.1, -0.05) is 30.3 Å². The van der Waals surface area contributed by atoms with Gasteiger partial charge in [0.05, 0.1) is 0 Å². The van der Waals surface area contributed by atoms with E-state index in [2.05, 4.69) is 10.3 Å². The first-order valence-corrected chi connectivity index (χ1v) is 10.4. The monoisotopic (exact) mass is 434 g/mol. The van der Waals surface area contributed by atoms with Crippen LogP contribution < -0.4 is 5.32 Å². The van der Waals surface area contributed by atoms with Gasteiger partial charge in [-0.25, -0.2) is 0 Å². The molecule has 1 N–H and O–H groups in total. The number of nitrogens with one attached hydrogen (secondary N) is 1. The van der Waals surface area contributed by atoms with Crippen LogP contribution in [-0.4, -0.2) is 50.1 Å². The number of carbonyl (C=O) groups excluding carboxylic acids is 3. The molecule has 0 heterocycles. The second-order valence-corrected chi connectivity index (χ2v) is 7.76. The number of esters is 1. The van der Waals surface area contributed by atoms with E-state index in [-0.39, 0.29) is 18.1 Å². The number of aliphatic imine (C=N–C) groups is 1. The van der Waals surface area contributed by atoms with E-state index in [4.69, 9.17) is 4.74 Å². The summed E-state index contributed by atoms with van der Waals surface area (Å²) in [6, 6.07) is 14.1. The Balaban J connectivity index is 2.14. The fourth-order valence-electron chi connectivity index (χ4n) is 3.21. The summed E-state index contributed by atoms with van der Waals surface area (Å²) >= 11 is 0. The molecule has 7 nitrogen and oxygen atoms in total. The van der Waals surface area contributed by atoms with E-state index >= 15 is 0 Å². The molecule has 0 fully saturated rings. The van der Waals surface area contributed by atoms with Crippen LogP contribution in [0.1, 0.15) is 41.8 Å². The van der Waals surface area contributed by atoms with Crippen LogP contribution in [0.4, 0.5) is 0 Å². The molecule has 8 heteroatoms. The topological polar surface area (TPSA) is 102 Å². The molecule has 0 aromatic heterocycles. The Morgan fingerprint density at radius 2 is 1.66 bits per heavy atom.